The molecule has 7 heteroatoms. The minimum Gasteiger partial charge on any atom is -0.444 e. The van der Waals surface area contributed by atoms with E-state index in [0.29, 0.717) is 12.8 Å². The smallest absolute Gasteiger partial charge is 0.410 e. The molecule has 0 aromatic heterocycles. The van der Waals surface area contributed by atoms with E-state index in [0.717, 1.165) is 19.1 Å². The van der Waals surface area contributed by atoms with Gasteiger partial charge in [0.25, 0.3) is 10.1 Å². The molecule has 1 unspecified atom stereocenters. The summed E-state index contributed by atoms with van der Waals surface area (Å²) in [5.41, 5.74) is -0.517. The molecule has 0 radical (unpaired) electrons. The molecule has 1 amide bonds. The van der Waals surface area contributed by atoms with E-state index in [1.54, 1.807) is 4.90 Å². The van der Waals surface area contributed by atoms with Crippen LogP contribution in [0, 0.1) is 0 Å². The Bertz CT molecular complexity index is 467. The van der Waals surface area contributed by atoms with Crippen molar-refractivity contribution in [3.05, 3.63) is 0 Å². The summed E-state index contributed by atoms with van der Waals surface area (Å²) in [5.74, 6) is 0. The van der Waals surface area contributed by atoms with Crippen molar-refractivity contribution in [3.63, 3.8) is 0 Å². The fourth-order valence-electron chi connectivity index (χ4n) is 3.07. The third-order valence-corrected chi connectivity index (χ3v) is 4.23. The van der Waals surface area contributed by atoms with Crippen molar-refractivity contribution in [1.29, 1.82) is 0 Å². The maximum Gasteiger partial charge on any atom is 0.410 e. The van der Waals surface area contributed by atoms with Gasteiger partial charge >= 0.3 is 6.09 Å². The summed E-state index contributed by atoms with van der Waals surface area (Å²) in [5, 5.41) is 0. The van der Waals surface area contributed by atoms with Crippen molar-refractivity contribution in [1.82, 2.24) is 4.90 Å². The van der Waals surface area contributed by atoms with Crippen molar-refractivity contribution in [2.24, 2.45) is 0 Å². The van der Waals surface area contributed by atoms with E-state index in [4.69, 9.17) is 8.92 Å². The molecule has 0 spiro atoms. The van der Waals surface area contributed by atoms with Gasteiger partial charge in [0.2, 0.25) is 0 Å². The maximum atomic E-state index is 12.2. The van der Waals surface area contributed by atoms with Gasteiger partial charge in [0.05, 0.1) is 12.4 Å². The number of amides is 1. The lowest BCUT2D eigenvalue weighted by atomic mass is 10.0. The van der Waals surface area contributed by atoms with E-state index in [1.807, 2.05) is 20.8 Å². The monoisotopic (exact) mass is 305 g/mol. The highest BCUT2D eigenvalue weighted by atomic mass is 32.2. The summed E-state index contributed by atoms with van der Waals surface area (Å²) in [6.07, 6.45) is 3.32. The molecule has 0 aliphatic carbocycles. The van der Waals surface area contributed by atoms with E-state index in [2.05, 4.69) is 0 Å². The Hall–Kier alpha value is -0.820. The van der Waals surface area contributed by atoms with E-state index in [9.17, 15) is 13.2 Å². The van der Waals surface area contributed by atoms with Crippen LogP contribution in [0.5, 0.6) is 0 Å². The molecule has 2 aliphatic rings. The van der Waals surface area contributed by atoms with Crippen LogP contribution >= 0.6 is 0 Å². The zero-order chi connectivity index (χ0) is 15.1. The van der Waals surface area contributed by atoms with Gasteiger partial charge in [-0.3, -0.25) is 4.18 Å². The number of carbonyl (C=O) groups excluding carboxylic acids is 1. The van der Waals surface area contributed by atoms with Gasteiger partial charge in [-0.15, -0.1) is 0 Å². The van der Waals surface area contributed by atoms with Gasteiger partial charge in [-0.1, -0.05) is 0 Å². The first-order valence-electron chi connectivity index (χ1n) is 6.95. The minimum atomic E-state index is -3.44. The third kappa shape index (κ3) is 3.85. The average Bonchev–Trinajstić information content (AvgIpc) is 2.46. The number of hydrogen-bond donors (Lipinski definition) is 0. The van der Waals surface area contributed by atoms with Crippen molar-refractivity contribution < 1.29 is 22.1 Å². The number of piperidine rings is 1. The Morgan fingerprint density at radius 1 is 1.15 bits per heavy atom. The molecular weight excluding hydrogens is 282 g/mol. The van der Waals surface area contributed by atoms with Crippen molar-refractivity contribution in [3.8, 4) is 0 Å². The Kier molecular flexibility index (Phi) is 4.03. The molecule has 20 heavy (non-hydrogen) atoms. The Morgan fingerprint density at radius 2 is 1.65 bits per heavy atom. The first kappa shape index (κ1) is 15.6. The van der Waals surface area contributed by atoms with E-state index in [-0.39, 0.29) is 24.3 Å². The quantitative estimate of drug-likeness (QED) is 0.728. The Labute approximate surface area is 120 Å². The zero-order valence-electron chi connectivity index (χ0n) is 12.5. The first-order valence-corrected chi connectivity index (χ1v) is 8.76. The van der Waals surface area contributed by atoms with Crippen LogP contribution in [0.4, 0.5) is 4.79 Å². The number of fused-ring (bicyclic) bond motifs is 2. The molecule has 0 N–H and O–H groups in total. The Morgan fingerprint density at radius 3 is 2.05 bits per heavy atom. The number of hydrogen-bond acceptors (Lipinski definition) is 5. The van der Waals surface area contributed by atoms with Crippen LogP contribution in [0.1, 0.15) is 46.5 Å². The van der Waals surface area contributed by atoms with Gasteiger partial charge < -0.3 is 9.64 Å². The van der Waals surface area contributed by atoms with Gasteiger partial charge in [-0.2, -0.15) is 8.42 Å². The molecule has 2 bridgehead atoms. The fraction of sp³-hybridized carbons (Fsp3) is 0.923. The maximum absolute atomic E-state index is 12.2. The molecule has 0 saturated carbocycles. The lowest BCUT2D eigenvalue weighted by molar-refractivity contribution is -0.00599. The summed E-state index contributed by atoms with van der Waals surface area (Å²) in [6, 6.07) is 0.0469. The third-order valence-electron chi connectivity index (χ3n) is 3.61. The van der Waals surface area contributed by atoms with Gasteiger partial charge in [-0.05, 0) is 46.5 Å². The SMILES string of the molecule is CC(C)(C)OC(=O)N1C2CC[C@@H]1C[C@H](OS(C)(=O)=O)C2. The van der Waals surface area contributed by atoms with E-state index >= 15 is 0 Å². The normalized spacial score (nSPS) is 30.4. The van der Waals surface area contributed by atoms with Crippen molar-refractivity contribution in [2.75, 3.05) is 6.26 Å². The topological polar surface area (TPSA) is 72.9 Å². The van der Waals surface area contributed by atoms with Gasteiger partial charge in [0.1, 0.15) is 5.60 Å². The van der Waals surface area contributed by atoms with Gasteiger partial charge in [-0.25, -0.2) is 4.79 Å². The fourth-order valence-corrected chi connectivity index (χ4v) is 3.72. The second-order valence-corrected chi connectivity index (χ2v) is 8.27. The lowest BCUT2D eigenvalue weighted by Crippen LogP contribution is -2.50. The number of rotatable bonds is 2. The second-order valence-electron chi connectivity index (χ2n) is 6.67. The van der Waals surface area contributed by atoms with Crippen LogP contribution in [-0.2, 0) is 19.0 Å². The second kappa shape index (κ2) is 5.18. The lowest BCUT2D eigenvalue weighted by Gasteiger charge is -2.38. The minimum absolute atomic E-state index is 0.0235. The van der Waals surface area contributed by atoms with Crippen LogP contribution < -0.4 is 0 Å². The summed E-state index contributed by atoms with van der Waals surface area (Å²) in [7, 11) is -3.44. The van der Waals surface area contributed by atoms with Crippen LogP contribution in [-0.4, -0.2) is 49.5 Å². The molecule has 116 valence electrons. The zero-order valence-corrected chi connectivity index (χ0v) is 13.3. The van der Waals surface area contributed by atoms with Crippen LogP contribution in [0.15, 0.2) is 0 Å². The first-order chi connectivity index (χ1) is 9.05. The molecule has 2 heterocycles. The summed E-state index contributed by atoms with van der Waals surface area (Å²) < 4.78 is 32.9. The molecule has 3 atom stereocenters. The van der Waals surface area contributed by atoms with Crippen molar-refractivity contribution >= 4 is 16.2 Å². The molecule has 6 nitrogen and oxygen atoms in total. The highest BCUT2D eigenvalue weighted by Crippen LogP contribution is 2.38. The Balaban J connectivity index is 2.02. The predicted molar refractivity (Wildman–Crippen MR) is 73.8 cm³/mol. The van der Waals surface area contributed by atoms with Crippen molar-refractivity contribution in [2.45, 2.75) is 70.2 Å². The molecular formula is C13H23NO5S. The highest BCUT2D eigenvalue weighted by Gasteiger charge is 2.45. The number of nitrogens with zero attached hydrogens (tertiary/aromatic N) is 1. The molecule has 2 fully saturated rings. The summed E-state index contributed by atoms with van der Waals surface area (Å²) in [4.78, 5) is 14.0. The van der Waals surface area contributed by atoms with E-state index < -0.39 is 15.7 Å². The van der Waals surface area contributed by atoms with Gasteiger partial charge in [0.15, 0.2) is 0 Å². The summed E-state index contributed by atoms with van der Waals surface area (Å²) in [6.45, 7) is 5.52. The van der Waals surface area contributed by atoms with Gasteiger partial charge in [0, 0.05) is 12.1 Å². The van der Waals surface area contributed by atoms with E-state index in [1.165, 1.54) is 0 Å². The van der Waals surface area contributed by atoms with Crippen LogP contribution in [0.2, 0.25) is 0 Å². The molecule has 2 saturated heterocycles. The number of ether oxygens (including phenoxy) is 1. The van der Waals surface area contributed by atoms with Crippen LogP contribution in [0.25, 0.3) is 0 Å². The molecule has 2 rings (SSSR count). The highest BCUT2D eigenvalue weighted by molar-refractivity contribution is 7.86. The standard InChI is InChI=1S/C13H23NO5S/c1-13(2,3)18-12(15)14-9-5-6-10(14)8-11(7-9)19-20(4,16)17/h9-11H,5-8H2,1-4H3/t9-,10?,11+/m1/s1. The largest absolute Gasteiger partial charge is 0.444 e. The average molecular weight is 305 g/mol. The molecule has 0 aromatic rings. The summed E-state index contributed by atoms with van der Waals surface area (Å²) >= 11 is 0. The molecule has 0 aromatic carbocycles. The predicted octanol–water partition coefficient (Wildman–Crippen LogP) is 1.89. The van der Waals surface area contributed by atoms with Crippen LogP contribution in [0.3, 0.4) is 0 Å². The molecule has 2 aliphatic heterocycles. The number of carbonyl (C=O) groups is 1.